The van der Waals surface area contributed by atoms with Gasteiger partial charge in [0.2, 0.25) is 0 Å². The van der Waals surface area contributed by atoms with Crippen LogP contribution in [0.15, 0.2) is 24.3 Å². The highest BCUT2D eigenvalue weighted by molar-refractivity contribution is 5.89. The van der Waals surface area contributed by atoms with Crippen molar-refractivity contribution >= 4 is 5.97 Å². The van der Waals surface area contributed by atoms with Gasteiger partial charge in [0, 0.05) is 6.04 Å². The third kappa shape index (κ3) is 2.18. The lowest BCUT2D eigenvalue weighted by Gasteiger charge is -2.11. The van der Waals surface area contributed by atoms with E-state index in [0.29, 0.717) is 11.5 Å². The zero-order valence-corrected chi connectivity index (χ0v) is 8.77. The van der Waals surface area contributed by atoms with E-state index in [-0.39, 0.29) is 12.0 Å². The Morgan fingerprint density at radius 3 is 2.87 bits per heavy atom. The van der Waals surface area contributed by atoms with E-state index in [2.05, 4.69) is 4.74 Å². The van der Waals surface area contributed by atoms with Crippen molar-refractivity contribution in [2.75, 3.05) is 7.11 Å². The van der Waals surface area contributed by atoms with Crippen LogP contribution in [0.4, 0.5) is 0 Å². The van der Waals surface area contributed by atoms with Crippen molar-refractivity contribution in [3.63, 3.8) is 0 Å². The van der Waals surface area contributed by atoms with Gasteiger partial charge in [0.1, 0.15) is 0 Å². The van der Waals surface area contributed by atoms with Crippen LogP contribution >= 0.6 is 0 Å². The standard InChI is InChI=1S/C12H15NO2/c1-15-12(14)10-4-2-3-9(7-10)11(13)8-5-6-8/h2-4,7-8,11H,5-6,13H2,1H3. The van der Waals surface area contributed by atoms with Gasteiger partial charge in [-0.1, -0.05) is 12.1 Å². The normalized spacial score (nSPS) is 17.2. The Labute approximate surface area is 89.2 Å². The molecule has 0 aliphatic heterocycles. The lowest BCUT2D eigenvalue weighted by atomic mass is 10.0. The number of carbonyl (C=O) groups excluding carboxylic acids is 1. The molecule has 0 heterocycles. The molecule has 2 N–H and O–H groups in total. The first-order chi connectivity index (χ1) is 7.22. The number of benzene rings is 1. The number of nitrogens with two attached hydrogens (primary N) is 1. The number of methoxy groups -OCH3 is 1. The van der Waals surface area contributed by atoms with E-state index in [4.69, 9.17) is 5.73 Å². The summed E-state index contributed by atoms with van der Waals surface area (Å²) < 4.78 is 4.67. The van der Waals surface area contributed by atoms with Crippen LogP contribution in [-0.2, 0) is 4.74 Å². The lowest BCUT2D eigenvalue weighted by Crippen LogP contribution is -2.13. The van der Waals surface area contributed by atoms with Gasteiger partial charge in [0.05, 0.1) is 12.7 Å². The molecule has 0 aromatic heterocycles. The third-order valence-electron chi connectivity index (χ3n) is 2.82. The van der Waals surface area contributed by atoms with Gasteiger partial charge in [-0.15, -0.1) is 0 Å². The van der Waals surface area contributed by atoms with Crippen molar-refractivity contribution in [3.05, 3.63) is 35.4 Å². The number of ether oxygens (including phenoxy) is 1. The highest BCUT2D eigenvalue weighted by atomic mass is 16.5. The summed E-state index contributed by atoms with van der Waals surface area (Å²) in [6, 6.07) is 7.46. The summed E-state index contributed by atoms with van der Waals surface area (Å²) in [5.41, 5.74) is 7.66. The predicted octanol–water partition coefficient (Wildman–Crippen LogP) is 1.88. The zero-order valence-electron chi connectivity index (χ0n) is 8.77. The molecule has 1 unspecified atom stereocenters. The van der Waals surface area contributed by atoms with Crippen molar-refractivity contribution in [2.45, 2.75) is 18.9 Å². The third-order valence-corrected chi connectivity index (χ3v) is 2.82. The fourth-order valence-electron chi connectivity index (χ4n) is 1.72. The average Bonchev–Trinajstić information content (AvgIpc) is 3.11. The van der Waals surface area contributed by atoms with E-state index in [9.17, 15) is 4.79 Å². The van der Waals surface area contributed by atoms with Crippen LogP contribution in [0.1, 0.15) is 34.8 Å². The van der Waals surface area contributed by atoms with E-state index in [1.54, 1.807) is 6.07 Å². The van der Waals surface area contributed by atoms with E-state index >= 15 is 0 Å². The number of hydrogen-bond donors (Lipinski definition) is 1. The van der Waals surface area contributed by atoms with Gasteiger partial charge >= 0.3 is 5.97 Å². The summed E-state index contributed by atoms with van der Waals surface area (Å²) in [5.74, 6) is 0.290. The summed E-state index contributed by atoms with van der Waals surface area (Å²) in [4.78, 5) is 11.3. The molecule has 3 nitrogen and oxygen atoms in total. The van der Waals surface area contributed by atoms with Gasteiger partial charge in [0.25, 0.3) is 0 Å². The number of carbonyl (C=O) groups is 1. The van der Waals surface area contributed by atoms with Crippen LogP contribution < -0.4 is 5.73 Å². The molecule has 1 aromatic rings. The number of rotatable bonds is 3. The second-order valence-corrected chi connectivity index (χ2v) is 3.98. The molecule has 3 heteroatoms. The first-order valence-electron chi connectivity index (χ1n) is 5.16. The number of esters is 1. The molecule has 1 fully saturated rings. The maximum Gasteiger partial charge on any atom is 0.337 e. The fourth-order valence-corrected chi connectivity index (χ4v) is 1.72. The number of hydrogen-bond acceptors (Lipinski definition) is 3. The largest absolute Gasteiger partial charge is 0.465 e. The van der Waals surface area contributed by atoms with E-state index in [0.717, 1.165) is 5.56 Å². The topological polar surface area (TPSA) is 52.3 Å². The second kappa shape index (κ2) is 4.03. The highest BCUT2D eigenvalue weighted by Gasteiger charge is 2.29. The molecular weight excluding hydrogens is 190 g/mol. The molecular formula is C12H15NO2. The molecule has 15 heavy (non-hydrogen) atoms. The summed E-state index contributed by atoms with van der Waals surface area (Å²) in [5, 5.41) is 0. The predicted molar refractivity (Wildman–Crippen MR) is 57.4 cm³/mol. The lowest BCUT2D eigenvalue weighted by molar-refractivity contribution is 0.0600. The summed E-state index contributed by atoms with van der Waals surface area (Å²) in [6.07, 6.45) is 2.40. The first kappa shape index (κ1) is 10.2. The van der Waals surface area contributed by atoms with E-state index in [1.165, 1.54) is 20.0 Å². The fraction of sp³-hybridized carbons (Fsp3) is 0.417. The van der Waals surface area contributed by atoms with Crippen LogP contribution in [0, 0.1) is 5.92 Å². The monoisotopic (exact) mass is 205 g/mol. The van der Waals surface area contributed by atoms with Crippen molar-refractivity contribution in [3.8, 4) is 0 Å². The van der Waals surface area contributed by atoms with Gasteiger partial charge in [-0.3, -0.25) is 0 Å². The molecule has 2 rings (SSSR count). The SMILES string of the molecule is COC(=O)c1cccc(C(N)C2CC2)c1. The first-order valence-corrected chi connectivity index (χ1v) is 5.16. The minimum atomic E-state index is -0.306. The molecule has 0 amide bonds. The van der Waals surface area contributed by atoms with Crippen molar-refractivity contribution < 1.29 is 9.53 Å². The Morgan fingerprint density at radius 2 is 2.27 bits per heavy atom. The molecule has 0 saturated heterocycles. The van der Waals surface area contributed by atoms with Gasteiger partial charge in [0.15, 0.2) is 0 Å². The smallest absolute Gasteiger partial charge is 0.337 e. The summed E-state index contributed by atoms with van der Waals surface area (Å²) >= 11 is 0. The quantitative estimate of drug-likeness (QED) is 0.766. The Balaban J connectivity index is 2.21. The molecule has 1 saturated carbocycles. The van der Waals surface area contributed by atoms with E-state index in [1.807, 2.05) is 18.2 Å². The van der Waals surface area contributed by atoms with Crippen LogP contribution in [0.5, 0.6) is 0 Å². The molecule has 0 spiro atoms. The van der Waals surface area contributed by atoms with Crippen molar-refractivity contribution in [1.82, 2.24) is 0 Å². The molecule has 1 aromatic carbocycles. The van der Waals surface area contributed by atoms with Crippen LogP contribution in [0.25, 0.3) is 0 Å². The second-order valence-electron chi connectivity index (χ2n) is 3.98. The van der Waals surface area contributed by atoms with Crippen LogP contribution in [0.2, 0.25) is 0 Å². The Bertz CT molecular complexity index is 372. The molecule has 0 radical (unpaired) electrons. The molecule has 0 bridgehead atoms. The molecule has 1 aliphatic carbocycles. The minimum Gasteiger partial charge on any atom is -0.465 e. The Morgan fingerprint density at radius 1 is 1.53 bits per heavy atom. The Kier molecular flexibility index (Phi) is 2.73. The van der Waals surface area contributed by atoms with Gasteiger partial charge < -0.3 is 10.5 Å². The maximum absolute atomic E-state index is 11.3. The minimum absolute atomic E-state index is 0.0645. The summed E-state index contributed by atoms with van der Waals surface area (Å²) in [6.45, 7) is 0. The van der Waals surface area contributed by atoms with Gasteiger partial charge in [-0.2, -0.15) is 0 Å². The van der Waals surface area contributed by atoms with Crippen molar-refractivity contribution in [2.24, 2.45) is 11.7 Å². The molecule has 1 aliphatic rings. The summed E-state index contributed by atoms with van der Waals surface area (Å²) in [7, 11) is 1.38. The van der Waals surface area contributed by atoms with Crippen molar-refractivity contribution in [1.29, 1.82) is 0 Å². The average molecular weight is 205 g/mol. The highest BCUT2D eigenvalue weighted by Crippen LogP contribution is 2.39. The van der Waals surface area contributed by atoms with E-state index < -0.39 is 0 Å². The van der Waals surface area contributed by atoms with Crippen LogP contribution in [-0.4, -0.2) is 13.1 Å². The molecule has 80 valence electrons. The zero-order chi connectivity index (χ0) is 10.8. The van der Waals surface area contributed by atoms with Gasteiger partial charge in [-0.05, 0) is 36.5 Å². The Hall–Kier alpha value is -1.35. The van der Waals surface area contributed by atoms with Gasteiger partial charge in [-0.25, -0.2) is 4.79 Å². The molecule has 1 atom stereocenters. The maximum atomic E-state index is 11.3. The van der Waals surface area contributed by atoms with Crippen LogP contribution in [0.3, 0.4) is 0 Å².